The molecule has 8 nitrogen and oxygen atoms in total. The SMILES string of the molecule is COC(=O)c1ccccc1NC(=O)c1ccc2c(c1)C(=O)N(CCC1CCOCC1)C2=O. The third-order valence-electron chi connectivity index (χ3n) is 5.92. The van der Waals surface area contributed by atoms with Crippen LogP contribution in [0.5, 0.6) is 0 Å². The largest absolute Gasteiger partial charge is 0.465 e. The van der Waals surface area contributed by atoms with E-state index in [4.69, 9.17) is 9.47 Å². The number of methoxy groups -OCH3 is 1. The molecule has 0 saturated carbocycles. The number of hydrogen-bond acceptors (Lipinski definition) is 6. The van der Waals surface area contributed by atoms with Crippen molar-refractivity contribution in [1.82, 2.24) is 4.90 Å². The lowest BCUT2D eigenvalue weighted by Crippen LogP contribution is -2.32. The Hall–Kier alpha value is -3.52. The smallest absolute Gasteiger partial charge is 0.339 e. The Balaban J connectivity index is 1.49. The number of ether oxygens (including phenoxy) is 2. The minimum absolute atomic E-state index is 0.218. The molecular formula is C24H24N2O6. The van der Waals surface area contributed by atoms with Gasteiger partial charge in [-0.05, 0) is 55.5 Å². The number of hydrogen-bond donors (Lipinski definition) is 1. The molecule has 4 rings (SSSR count). The van der Waals surface area contributed by atoms with Crippen LogP contribution in [-0.4, -0.2) is 55.5 Å². The predicted molar refractivity (Wildman–Crippen MR) is 116 cm³/mol. The minimum atomic E-state index is -0.573. The van der Waals surface area contributed by atoms with Gasteiger partial charge in [-0.15, -0.1) is 0 Å². The molecule has 0 radical (unpaired) electrons. The van der Waals surface area contributed by atoms with E-state index in [9.17, 15) is 19.2 Å². The first kappa shape index (κ1) is 21.7. The normalized spacial score (nSPS) is 16.1. The molecule has 0 spiro atoms. The molecule has 2 aliphatic heterocycles. The van der Waals surface area contributed by atoms with Crippen LogP contribution in [0.2, 0.25) is 0 Å². The van der Waals surface area contributed by atoms with Gasteiger partial charge in [0.05, 0.1) is 29.5 Å². The van der Waals surface area contributed by atoms with Gasteiger partial charge in [-0.25, -0.2) is 4.79 Å². The number of anilines is 1. The van der Waals surface area contributed by atoms with Gasteiger partial charge in [0.25, 0.3) is 17.7 Å². The lowest BCUT2D eigenvalue weighted by Gasteiger charge is -2.23. The molecule has 1 N–H and O–H groups in total. The predicted octanol–water partition coefficient (Wildman–Crippen LogP) is 3.14. The molecular weight excluding hydrogens is 412 g/mol. The van der Waals surface area contributed by atoms with Crippen molar-refractivity contribution in [2.45, 2.75) is 19.3 Å². The highest BCUT2D eigenvalue weighted by molar-refractivity contribution is 6.22. The zero-order valence-corrected chi connectivity index (χ0v) is 17.8. The number of benzene rings is 2. The molecule has 0 atom stereocenters. The number of fused-ring (bicyclic) bond motifs is 1. The van der Waals surface area contributed by atoms with E-state index in [1.807, 2.05) is 0 Å². The Morgan fingerprint density at radius 3 is 2.53 bits per heavy atom. The van der Waals surface area contributed by atoms with Crippen molar-refractivity contribution in [1.29, 1.82) is 0 Å². The first-order valence-corrected chi connectivity index (χ1v) is 10.6. The average Bonchev–Trinajstić information content (AvgIpc) is 3.07. The van der Waals surface area contributed by atoms with E-state index in [1.54, 1.807) is 24.3 Å². The fraction of sp³-hybridized carbons (Fsp3) is 0.333. The van der Waals surface area contributed by atoms with E-state index in [2.05, 4.69) is 5.32 Å². The maximum Gasteiger partial charge on any atom is 0.339 e. The lowest BCUT2D eigenvalue weighted by atomic mass is 9.96. The monoisotopic (exact) mass is 436 g/mol. The van der Waals surface area contributed by atoms with Crippen LogP contribution in [0.4, 0.5) is 5.69 Å². The second-order valence-corrected chi connectivity index (χ2v) is 7.86. The summed E-state index contributed by atoms with van der Waals surface area (Å²) >= 11 is 0. The number of imide groups is 1. The zero-order valence-electron chi connectivity index (χ0n) is 17.8. The van der Waals surface area contributed by atoms with Gasteiger partial charge in [-0.2, -0.15) is 0 Å². The van der Waals surface area contributed by atoms with E-state index in [0.29, 0.717) is 36.9 Å². The summed E-state index contributed by atoms with van der Waals surface area (Å²) in [7, 11) is 1.26. The van der Waals surface area contributed by atoms with Gasteiger partial charge >= 0.3 is 5.97 Å². The fourth-order valence-electron chi connectivity index (χ4n) is 4.06. The van der Waals surface area contributed by atoms with Gasteiger partial charge in [-0.3, -0.25) is 19.3 Å². The van der Waals surface area contributed by atoms with Crippen LogP contribution >= 0.6 is 0 Å². The number of esters is 1. The summed E-state index contributed by atoms with van der Waals surface area (Å²) in [5.74, 6) is -1.35. The Morgan fingerprint density at radius 1 is 1.06 bits per heavy atom. The zero-order chi connectivity index (χ0) is 22.7. The fourth-order valence-corrected chi connectivity index (χ4v) is 4.06. The molecule has 8 heteroatoms. The number of carbonyl (C=O) groups excluding carboxylic acids is 4. The lowest BCUT2D eigenvalue weighted by molar-refractivity contribution is 0.0535. The number of nitrogens with zero attached hydrogens (tertiary/aromatic N) is 1. The van der Waals surface area contributed by atoms with Gasteiger partial charge in [0.15, 0.2) is 0 Å². The third kappa shape index (κ3) is 4.27. The van der Waals surface area contributed by atoms with Crippen molar-refractivity contribution in [3.63, 3.8) is 0 Å². The first-order chi connectivity index (χ1) is 15.5. The number of amides is 3. The van der Waals surface area contributed by atoms with Gasteiger partial charge < -0.3 is 14.8 Å². The second-order valence-electron chi connectivity index (χ2n) is 7.86. The highest BCUT2D eigenvalue weighted by atomic mass is 16.5. The standard InChI is InChI=1S/C24H24N2O6/c1-31-24(30)18-4-2-3-5-20(18)25-21(27)16-6-7-17-19(14-16)23(29)26(22(17)28)11-8-15-9-12-32-13-10-15/h2-7,14-15H,8-13H2,1H3,(H,25,27). The molecule has 166 valence electrons. The Morgan fingerprint density at radius 2 is 1.78 bits per heavy atom. The van der Waals surface area contributed by atoms with E-state index in [1.165, 1.54) is 30.2 Å². The maximum atomic E-state index is 12.9. The van der Waals surface area contributed by atoms with Crippen LogP contribution < -0.4 is 5.32 Å². The molecule has 2 aromatic carbocycles. The first-order valence-electron chi connectivity index (χ1n) is 10.6. The molecule has 0 aromatic heterocycles. The molecule has 2 heterocycles. The van der Waals surface area contributed by atoms with Crippen LogP contribution in [0, 0.1) is 5.92 Å². The summed E-state index contributed by atoms with van der Waals surface area (Å²) < 4.78 is 10.1. The van der Waals surface area contributed by atoms with Crippen LogP contribution in [-0.2, 0) is 9.47 Å². The van der Waals surface area contributed by atoms with Crippen molar-refractivity contribution >= 4 is 29.4 Å². The van der Waals surface area contributed by atoms with Gasteiger partial charge in [-0.1, -0.05) is 12.1 Å². The minimum Gasteiger partial charge on any atom is -0.465 e. The topological polar surface area (TPSA) is 102 Å². The molecule has 0 aliphatic carbocycles. The summed E-state index contributed by atoms with van der Waals surface area (Å²) in [6, 6.07) is 10.9. The second kappa shape index (κ2) is 9.32. The number of rotatable bonds is 6. The van der Waals surface area contributed by atoms with Crippen molar-refractivity contribution in [2.24, 2.45) is 5.92 Å². The molecule has 2 aromatic rings. The van der Waals surface area contributed by atoms with Crippen LogP contribution in [0.3, 0.4) is 0 Å². The van der Waals surface area contributed by atoms with E-state index in [0.717, 1.165) is 19.3 Å². The number of nitrogens with one attached hydrogen (secondary N) is 1. The van der Waals surface area contributed by atoms with Gasteiger partial charge in [0.1, 0.15) is 0 Å². The summed E-state index contributed by atoms with van der Waals surface area (Å²) in [5, 5.41) is 2.68. The maximum absolute atomic E-state index is 12.9. The van der Waals surface area contributed by atoms with Crippen molar-refractivity contribution in [3.8, 4) is 0 Å². The third-order valence-corrected chi connectivity index (χ3v) is 5.92. The van der Waals surface area contributed by atoms with Gasteiger partial charge in [0.2, 0.25) is 0 Å². The van der Waals surface area contributed by atoms with Crippen molar-refractivity contribution < 1.29 is 28.7 Å². The van der Waals surface area contributed by atoms with Crippen LogP contribution in [0.25, 0.3) is 0 Å². The molecule has 0 bridgehead atoms. The molecule has 32 heavy (non-hydrogen) atoms. The summed E-state index contributed by atoms with van der Waals surface area (Å²) in [4.78, 5) is 51.6. The van der Waals surface area contributed by atoms with Gasteiger partial charge in [0, 0.05) is 25.3 Å². The summed E-state index contributed by atoms with van der Waals surface area (Å²) in [5.41, 5.74) is 1.25. The Kier molecular flexibility index (Phi) is 6.32. The van der Waals surface area contributed by atoms with E-state index < -0.39 is 11.9 Å². The molecule has 0 unspecified atom stereocenters. The summed E-state index contributed by atoms with van der Waals surface area (Å²) in [6.07, 6.45) is 2.60. The quantitative estimate of drug-likeness (QED) is 0.551. The number of para-hydroxylation sites is 1. The van der Waals surface area contributed by atoms with E-state index >= 15 is 0 Å². The molecule has 1 fully saturated rings. The molecule has 3 amide bonds. The van der Waals surface area contributed by atoms with Crippen LogP contribution in [0.15, 0.2) is 42.5 Å². The Labute approximate surface area is 185 Å². The molecule has 2 aliphatic rings. The number of carbonyl (C=O) groups is 4. The summed E-state index contributed by atoms with van der Waals surface area (Å²) in [6.45, 7) is 1.78. The average molecular weight is 436 g/mol. The van der Waals surface area contributed by atoms with Crippen molar-refractivity contribution in [2.75, 3.05) is 32.2 Å². The highest BCUT2D eigenvalue weighted by Crippen LogP contribution is 2.27. The highest BCUT2D eigenvalue weighted by Gasteiger charge is 2.36. The molecule has 1 saturated heterocycles. The van der Waals surface area contributed by atoms with Crippen LogP contribution in [0.1, 0.15) is 60.7 Å². The van der Waals surface area contributed by atoms with Crippen molar-refractivity contribution in [3.05, 3.63) is 64.7 Å². The van der Waals surface area contributed by atoms with E-state index in [-0.39, 0.29) is 28.5 Å². The Bertz CT molecular complexity index is 1070.